The van der Waals surface area contributed by atoms with Gasteiger partial charge in [-0.3, -0.25) is 19.6 Å². The van der Waals surface area contributed by atoms with Gasteiger partial charge in [0.1, 0.15) is 5.82 Å². The molecule has 1 N–H and O–H groups in total. The number of halogens is 1. The minimum atomic E-state index is -0.418. The van der Waals surface area contributed by atoms with E-state index in [1.807, 2.05) is 0 Å². The molecule has 2 heterocycles. The van der Waals surface area contributed by atoms with Gasteiger partial charge in [0.15, 0.2) is 0 Å². The van der Waals surface area contributed by atoms with Crippen LogP contribution >= 0.6 is 0 Å². The molecule has 6 nitrogen and oxygen atoms in total. The Hall–Kier alpha value is -4.13. The lowest BCUT2D eigenvalue weighted by molar-refractivity contribution is 0.0951. The van der Waals surface area contributed by atoms with Gasteiger partial charge in [0.05, 0.1) is 11.9 Å². The van der Waals surface area contributed by atoms with E-state index in [1.165, 1.54) is 16.7 Å². The molecule has 4 rings (SSSR count). The van der Waals surface area contributed by atoms with E-state index < -0.39 is 5.82 Å². The number of aryl methyl sites for hydroxylation is 1. The Morgan fingerprint density at radius 2 is 1.81 bits per heavy atom. The summed E-state index contributed by atoms with van der Waals surface area (Å²) < 4.78 is 16.0. The topological polar surface area (TPSA) is 76.9 Å². The second kappa shape index (κ2) is 8.71. The second-order valence-corrected chi connectivity index (χ2v) is 7.03. The summed E-state index contributed by atoms with van der Waals surface area (Å²) in [5.41, 5.74) is 3.56. The molecule has 0 aliphatic heterocycles. The Labute approximate surface area is 178 Å². The van der Waals surface area contributed by atoms with Crippen molar-refractivity contribution in [1.29, 1.82) is 0 Å². The minimum absolute atomic E-state index is 0.159. The largest absolute Gasteiger partial charge is 0.348 e. The number of nitrogens with zero attached hydrogens (tertiary/aromatic N) is 3. The van der Waals surface area contributed by atoms with Gasteiger partial charge in [-0.05, 0) is 29.8 Å². The van der Waals surface area contributed by atoms with Crippen molar-refractivity contribution >= 4 is 5.91 Å². The Morgan fingerprint density at radius 1 is 1.03 bits per heavy atom. The molecule has 0 saturated carbocycles. The lowest BCUT2D eigenvalue weighted by atomic mass is 10.0. The number of carbonyl (C=O) groups excluding carboxylic acids is 1. The van der Waals surface area contributed by atoms with Crippen molar-refractivity contribution in [2.24, 2.45) is 7.05 Å². The smallest absolute Gasteiger partial charge is 0.251 e. The SMILES string of the molecule is Cn1cc(-c2ccc(CNC(=O)c3ccc(-c4cnccn4)cc3)cc2F)ccc1=O. The van der Waals surface area contributed by atoms with Gasteiger partial charge >= 0.3 is 0 Å². The van der Waals surface area contributed by atoms with Gasteiger partial charge in [0.2, 0.25) is 5.56 Å². The summed E-state index contributed by atoms with van der Waals surface area (Å²) in [6.07, 6.45) is 6.46. The first kappa shape index (κ1) is 20.2. The molecular weight excluding hydrogens is 395 g/mol. The van der Waals surface area contributed by atoms with Crippen molar-refractivity contribution < 1.29 is 9.18 Å². The molecule has 0 radical (unpaired) electrons. The molecular formula is C24H19FN4O2. The molecule has 0 aliphatic carbocycles. The molecule has 0 unspecified atom stereocenters. The van der Waals surface area contributed by atoms with Crippen LogP contribution in [0.15, 0.2) is 84.2 Å². The maximum absolute atomic E-state index is 14.6. The summed E-state index contributed by atoms with van der Waals surface area (Å²) in [7, 11) is 1.62. The molecule has 2 aromatic carbocycles. The summed E-state index contributed by atoms with van der Waals surface area (Å²) in [6.45, 7) is 0.190. The number of benzene rings is 2. The van der Waals surface area contributed by atoms with Crippen molar-refractivity contribution in [3.63, 3.8) is 0 Å². The zero-order valence-corrected chi connectivity index (χ0v) is 16.7. The van der Waals surface area contributed by atoms with E-state index in [2.05, 4.69) is 15.3 Å². The lowest BCUT2D eigenvalue weighted by Gasteiger charge is -2.09. The predicted molar refractivity (Wildman–Crippen MR) is 116 cm³/mol. The quantitative estimate of drug-likeness (QED) is 0.542. The monoisotopic (exact) mass is 414 g/mol. The number of aromatic nitrogens is 3. The Bertz CT molecular complexity index is 1290. The summed E-state index contributed by atoms with van der Waals surface area (Å²) in [4.78, 5) is 32.2. The number of hydrogen-bond donors (Lipinski definition) is 1. The van der Waals surface area contributed by atoms with Gasteiger partial charge in [-0.2, -0.15) is 0 Å². The highest BCUT2D eigenvalue weighted by molar-refractivity contribution is 5.94. The Balaban J connectivity index is 1.43. The molecule has 4 aromatic rings. The van der Waals surface area contributed by atoms with Gasteiger partial charge < -0.3 is 9.88 Å². The van der Waals surface area contributed by atoms with Crippen LogP contribution in [0.3, 0.4) is 0 Å². The third kappa shape index (κ3) is 4.56. The van der Waals surface area contributed by atoms with Crippen LogP contribution in [0.1, 0.15) is 15.9 Å². The van der Waals surface area contributed by atoms with Crippen molar-refractivity contribution in [3.8, 4) is 22.4 Å². The zero-order chi connectivity index (χ0) is 21.8. The van der Waals surface area contributed by atoms with Crippen LogP contribution in [0.2, 0.25) is 0 Å². The average Bonchev–Trinajstić information content (AvgIpc) is 2.80. The van der Waals surface area contributed by atoms with Crippen LogP contribution in [-0.2, 0) is 13.6 Å². The van der Waals surface area contributed by atoms with Crippen molar-refractivity contribution in [1.82, 2.24) is 19.9 Å². The van der Waals surface area contributed by atoms with E-state index in [-0.39, 0.29) is 18.0 Å². The number of carbonyl (C=O) groups is 1. The van der Waals surface area contributed by atoms with Crippen LogP contribution < -0.4 is 10.9 Å². The molecule has 7 heteroatoms. The number of rotatable bonds is 5. The van der Waals surface area contributed by atoms with E-state index in [4.69, 9.17) is 0 Å². The predicted octanol–water partition coefficient (Wildman–Crippen LogP) is 3.58. The maximum Gasteiger partial charge on any atom is 0.251 e. The average molecular weight is 414 g/mol. The van der Waals surface area contributed by atoms with Gasteiger partial charge in [-0.15, -0.1) is 0 Å². The molecule has 0 spiro atoms. The third-order valence-corrected chi connectivity index (χ3v) is 4.89. The fourth-order valence-corrected chi connectivity index (χ4v) is 3.18. The summed E-state index contributed by atoms with van der Waals surface area (Å²) in [6, 6.07) is 14.8. The lowest BCUT2D eigenvalue weighted by Crippen LogP contribution is -2.22. The number of pyridine rings is 1. The minimum Gasteiger partial charge on any atom is -0.348 e. The van der Waals surface area contributed by atoms with E-state index in [1.54, 1.807) is 74.3 Å². The molecule has 0 bridgehead atoms. The normalized spacial score (nSPS) is 10.6. The molecule has 0 saturated heterocycles. The van der Waals surface area contributed by atoms with E-state index in [9.17, 15) is 14.0 Å². The third-order valence-electron chi connectivity index (χ3n) is 4.89. The van der Waals surface area contributed by atoms with Crippen LogP contribution in [0, 0.1) is 5.82 Å². The van der Waals surface area contributed by atoms with Gasteiger partial charge in [0.25, 0.3) is 5.91 Å². The molecule has 0 aliphatic rings. The molecule has 2 aromatic heterocycles. The Morgan fingerprint density at radius 3 is 2.48 bits per heavy atom. The molecule has 31 heavy (non-hydrogen) atoms. The molecule has 0 atom stereocenters. The fourth-order valence-electron chi connectivity index (χ4n) is 3.18. The van der Waals surface area contributed by atoms with Gasteiger partial charge in [-0.1, -0.05) is 24.3 Å². The van der Waals surface area contributed by atoms with E-state index in [0.29, 0.717) is 22.3 Å². The standard InChI is InChI=1S/C24H19FN4O2/c1-29-15-19(7-9-23(29)30)20-8-2-16(12-21(20)25)13-28-24(31)18-5-3-17(4-6-18)22-14-26-10-11-27-22/h2-12,14-15H,13H2,1H3,(H,28,31). The highest BCUT2D eigenvalue weighted by atomic mass is 19.1. The molecule has 1 amide bonds. The summed E-state index contributed by atoms with van der Waals surface area (Å²) in [5.74, 6) is -0.674. The van der Waals surface area contributed by atoms with E-state index >= 15 is 0 Å². The van der Waals surface area contributed by atoms with Gasteiger partial charge in [0, 0.05) is 60.5 Å². The van der Waals surface area contributed by atoms with E-state index in [0.717, 1.165) is 11.3 Å². The van der Waals surface area contributed by atoms with Crippen LogP contribution in [-0.4, -0.2) is 20.4 Å². The fraction of sp³-hybridized carbons (Fsp3) is 0.0833. The van der Waals surface area contributed by atoms with Crippen LogP contribution in [0.4, 0.5) is 4.39 Å². The van der Waals surface area contributed by atoms with Crippen molar-refractivity contribution in [2.75, 3.05) is 0 Å². The highest BCUT2D eigenvalue weighted by Gasteiger charge is 2.10. The first-order chi connectivity index (χ1) is 15.0. The second-order valence-electron chi connectivity index (χ2n) is 7.03. The van der Waals surface area contributed by atoms with Gasteiger partial charge in [-0.25, -0.2) is 4.39 Å². The molecule has 0 fully saturated rings. The number of nitrogens with one attached hydrogen (secondary N) is 1. The van der Waals surface area contributed by atoms with Crippen LogP contribution in [0.25, 0.3) is 22.4 Å². The summed E-state index contributed by atoms with van der Waals surface area (Å²) in [5, 5.41) is 2.80. The molecule has 154 valence electrons. The first-order valence-corrected chi connectivity index (χ1v) is 9.61. The summed E-state index contributed by atoms with van der Waals surface area (Å²) >= 11 is 0. The number of hydrogen-bond acceptors (Lipinski definition) is 4. The Kier molecular flexibility index (Phi) is 5.66. The number of amides is 1. The zero-order valence-electron chi connectivity index (χ0n) is 16.7. The van der Waals surface area contributed by atoms with Crippen molar-refractivity contribution in [3.05, 3.63) is 107 Å². The van der Waals surface area contributed by atoms with Crippen LogP contribution in [0.5, 0.6) is 0 Å². The maximum atomic E-state index is 14.6. The first-order valence-electron chi connectivity index (χ1n) is 9.61. The highest BCUT2D eigenvalue weighted by Crippen LogP contribution is 2.23. The van der Waals surface area contributed by atoms with Crippen molar-refractivity contribution in [2.45, 2.75) is 6.54 Å².